The van der Waals surface area contributed by atoms with Crippen LogP contribution < -0.4 is 5.14 Å². The summed E-state index contributed by atoms with van der Waals surface area (Å²) in [6, 6.07) is 10.2. The average Bonchev–Trinajstić information content (AvgIpc) is 3.09. The van der Waals surface area contributed by atoms with Crippen LogP contribution in [0, 0.1) is 0 Å². The van der Waals surface area contributed by atoms with E-state index in [0.29, 0.717) is 18.3 Å². The van der Waals surface area contributed by atoms with E-state index in [1.54, 1.807) is 4.57 Å². The number of hydrogen-bond acceptors (Lipinski definition) is 4. The molecule has 1 saturated carbocycles. The van der Waals surface area contributed by atoms with Crippen molar-refractivity contribution >= 4 is 10.0 Å². The molecule has 2 aromatic rings. The maximum absolute atomic E-state index is 11.5. The van der Waals surface area contributed by atoms with E-state index in [-0.39, 0.29) is 11.1 Å². The van der Waals surface area contributed by atoms with Gasteiger partial charge in [0.2, 0.25) is 0 Å². The Labute approximate surface area is 117 Å². The molecule has 0 amide bonds. The first-order valence-corrected chi connectivity index (χ1v) is 8.08. The van der Waals surface area contributed by atoms with E-state index < -0.39 is 10.0 Å². The summed E-state index contributed by atoms with van der Waals surface area (Å²) in [5.74, 6) is 1.32. The fourth-order valence-electron chi connectivity index (χ4n) is 2.63. The van der Waals surface area contributed by atoms with Crippen LogP contribution in [0.1, 0.15) is 36.6 Å². The molecule has 20 heavy (non-hydrogen) atoms. The fraction of sp³-hybridized carbons (Fsp3) is 0.385. The third-order valence-corrected chi connectivity index (χ3v) is 4.48. The molecule has 1 aliphatic carbocycles. The first-order valence-electron chi connectivity index (χ1n) is 6.53. The molecule has 0 aliphatic heterocycles. The molecule has 3 rings (SSSR count). The van der Waals surface area contributed by atoms with Gasteiger partial charge in [0, 0.05) is 12.5 Å². The largest absolute Gasteiger partial charge is 0.301 e. The Hall–Kier alpha value is -1.73. The Morgan fingerprint density at radius 3 is 2.55 bits per heavy atom. The number of primary sulfonamides is 1. The van der Waals surface area contributed by atoms with Crippen LogP contribution >= 0.6 is 0 Å². The lowest BCUT2D eigenvalue weighted by molar-refractivity contribution is 0.563. The summed E-state index contributed by atoms with van der Waals surface area (Å²) in [4.78, 5) is 0. The van der Waals surface area contributed by atoms with Gasteiger partial charge in [0.25, 0.3) is 15.2 Å². The van der Waals surface area contributed by atoms with Gasteiger partial charge in [-0.3, -0.25) is 0 Å². The van der Waals surface area contributed by atoms with Gasteiger partial charge in [0.1, 0.15) is 5.82 Å². The molecular weight excluding hydrogens is 276 g/mol. The Kier molecular flexibility index (Phi) is 3.10. The van der Waals surface area contributed by atoms with Crippen molar-refractivity contribution in [1.29, 1.82) is 0 Å². The van der Waals surface area contributed by atoms with Crippen molar-refractivity contribution in [1.82, 2.24) is 14.8 Å². The maximum Gasteiger partial charge on any atom is 0.273 e. The van der Waals surface area contributed by atoms with Crippen LogP contribution in [0.5, 0.6) is 0 Å². The Balaban J connectivity index is 1.92. The lowest BCUT2D eigenvalue weighted by Gasteiger charge is -2.05. The van der Waals surface area contributed by atoms with Crippen molar-refractivity contribution in [3.8, 4) is 0 Å². The summed E-state index contributed by atoms with van der Waals surface area (Å²) < 4.78 is 24.5. The van der Waals surface area contributed by atoms with Crippen LogP contribution in [0.3, 0.4) is 0 Å². The molecule has 106 valence electrons. The monoisotopic (exact) mass is 292 g/mol. The number of benzene rings is 1. The van der Waals surface area contributed by atoms with Gasteiger partial charge < -0.3 is 4.57 Å². The van der Waals surface area contributed by atoms with Crippen molar-refractivity contribution in [2.75, 3.05) is 0 Å². The highest BCUT2D eigenvalue weighted by Crippen LogP contribution is 2.54. The summed E-state index contributed by atoms with van der Waals surface area (Å²) in [7, 11) is -3.82. The zero-order valence-electron chi connectivity index (χ0n) is 11.1. The van der Waals surface area contributed by atoms with Gasteiger partial charge in [-0.25, -0.2) is 13.6 Å². The minimum absolute atomic E-state index is 0.145. The maximum atomic E-state index is 11.5. The second-order valence-corrected chi connectivity index (χ2v) is 6.44. The lowest BCUT2D eigenvalue weighted by atomic mass is 10.1. The molecule has 1 aromatic carbocycles. The minimum atomic E-state index is -3.82. The van der Waals surface area contributed by atoms with Crippen LogP contribution in [0.15, 0.2) is 35.5 Å². The molecule has 1 fully saturated rings. The number of nitrogens with two attached hydrogens (primary N) is 1. The highest BCUT2D eigenvalue weighted by Gasteiger charge is 2.43. The normalized spacial score (nSPS) is 21.9. The Bertz CT molecular complexity index is 724. The first kappa shape index (κ1) is 13.3. The molecule has 2 unspecified atom stereocenters. The molecule has 0 radical (unpaired) electrons. The van der Waals surface area contributed by atoms with Crippen molar-refractivity contribution in [2.24, 2.45) is 5.14 Å². The Morgan fingerprint density at radius 2 is 1.95 bits per heavy atom. The second-order valence-electron chi connectivity index (χ2n) is 4.99. The number of hydrogen-bond donors (Lipinski definition) is 1. The zero-order valence-corrected chi connectivity index (χ0v) is 11.9. The van der Waals surface area contributed by atoms with Crippen molar-refractivity contribution in [3.05, 3.63) is 41.7 Å². The van der Waals surface area contributed by atoms with E-state index in [9.17, 15) is 8.42 Å². The third-order valence-electron chi connectivity index (χ3n) is 3.67. The second kappa shape index (κ2) is 4.68. The van der Waals surface area contributed by atoms with E-state index >= 15 is 0 Å². The molecule has 0 bridgehead atoms. The zero-order chi connectivity index (χ0) is 14.3. The molecule has 0 saturated heterocycles. The SMILES string of the molecule is CCn1c(C2CC2c2ccccc2)nnc1S(N)(=O)=O. The fourth-order valence-corrected chi connectivity index (χ4v) is 3.32. The summed E-state index contributed by atoms with van der Waals surface area (Å²) in [6.45, 7) is 2.35. The van der Waals surface area contributed by atoms with Crippen molar-refractivity contribution < 1.29 is 8.42 Å². The Morgan fingerprint density at radius 1 is 1.25 bits per heavy atom. The summed E-state index contributed by atoms with van der Waals surface area (Å²) >= 11 is 0. The topological polar surface area (TPSA) is 90.9 Å². The molecule has 6 nitrogen and oxygen atoms in total. The molecule has 1 aliphatic rings. The van der Waals surface area contributed by atoms with Crippen molar-refractivity contribution in [2.45, 2.75) is 36.9 Å². The van der Waals surface area contributed by atoms with Crippen LogP contribution in [-0.2, 0) is 16.6 Å². The number of rotatable bonds is 4. The van der Waals surface area contributed by atoms with E-state index in [1.807, 2.05) is 25.1 Å². The molecule has 2 N–H and O–H groups in total. The number of aromatic nitrogens is 3. The van der Waals surface area contributed by atoms with Gasteiger partial charge in [-0.05, 0) is 24.8 Å². The van der Waals surface area contributed by atoms with Gasteiger partial charge in [-0.2, -0.15) is 0 Å². The van der Waals surface area contributed by atoms with Gasteiger partial charge in [0.05, 0.1) is 0 Å². The highest BCUT2D eigenvalue weighted by atomic mass is 32.2. The van der Waals surface area contributed by atoms with E-state index in [0.717, 1.165) is 6.42 Å². The van der Waals surface area contributed by atoms with Gasteiger partial charge >= 0.3 is 0 Å². The molecule has 1 heterocycles. The van der Waals surface area contributed by atoms with Crippen molar-refractivity contribution in [3.63, 3.8) is 0 Å². The van der Waals surface area contributed by atoms with E-state index in [4.69, 9.17) is 5.14 Å². The quantitative estimate of drug-likeness (QED) is 0.917. The third kappa shape index (κ3) is 2.23. The molecule has 7 heteroatoms. The summed E-state index contributed by atoms with van der Waals surface area (Å²) in [5.41, 5.74) is 1.25. The standard InChI is InChI=1S/C13H16N4O2S/c1-2-17-12(15-16-13(17)20(14,18)19)11-8-10(11)9-6-4-3-5-7-9/h3-7,10-11H,2,8H2,1H3,(H2,14,18,19). The predicted molar refractivity (Wildman–Crippen MR) is 73.6 cm³/mol. The summed E-state index contributed by atoms with van der Waals surface area (Å²) in [6.07, 6.45) is 0.965. The van der Waals surface area contributed by atoms with Crippen LogP contribution in [0.4, 0.5) is 0 Å². The first-order chi connectivity index (χ1) is 9.52. The molecule has 0 spiro atoms. The van der Waals surface area contributed by atoms with Gasteiger partial charge in [0.15, 0.2) is 0 Å². The molecular formula is C13H16N4O2S. The molecule has 1 aromatic heterocycles. The smallest absolute Gasteiger partial charge is 0.273 e. The molecule has 2 atom stereocenters. The van der Waals surface area contributed by atoms with Crippen LogP contribution in [0.25, 0.3) is 0 Å². The van der Waals surface area contributed by atoms with Crippen LogP contribution in [-0.4, -0.2) is 23.2 Å². The van der Waals surface area contributed by atoms with Gasteiger partial charge in [-0.15, -0.1) is 10.2 Å². The summed E-state index contributed by atoms with van der Waals surface area (Å²) in [5, 5.41) is 12.8. The lowest BCUT2D eigenvalue weighted by Crippen LogP contribution is -2.19. The van der Waals surface area contributed by atoms with E-state index in [1.165, 1.54) is 5.56 Å². The highest BCUT2D eigenvalue weighted by molar-refractivity contribution is 7.89. The number of nitrogens with zero attached hydrogens (tertiary/aromatic N) is 3. The average molecular weight is 292 g/mol. The van der Waals surface area contributed by atoms with Gasteiger partial charge in [-0.1, -0.05) is 30.3 Å². The van der Waals surface area contributed by atoms with Crippen LogP contribution in [0.2, 0.25) is 0 Å². The predicted octanol–water partition coefficient (Wildman–Crippen LogP) is 1.22. The van der Waals surface area contributed by atoms with E-state index in [2.05, 4.69) is 22.3 Å². The minimum Gasteiger partial charge on any atom is -0.301 e. The number of sulfonamides is 1.